The summed E-state index contributed by atoms with van der Waals surface area (Å²) in [6.45, 7) is 0.762. The van der Waals surface area contributed by atoms with E-state index >= 15 is 0 Å². The van der Waals surface area contributed by atoms with Crippen LogP contribution in [-0.4, -0.2) is 23.2 Å². The third kappa shape index (κ3) is 2.49. The molecule has 1 amide bonds. The number of pyridine rings is 1. The molecular weight excluding hydrogens is 256 g/mol. The van der Waals surface area contributed by atoms with Crippen LogP contribution in [0, 0.1) is 0 Å². The van der Waals surface area contributed by atoms with Crippen molar-refractivity contribution in [1.29, 1.82) is 0 Å². The van der Waals surface area contributed by atoms with E-state index in [2.05, 4.69) is 11.1 Å². The number of hydrogen-bond acceptors (Lipinski definition) is 3. The zero-order chi connectivity index (χ0) is 13.1. The van der Waals surface area contributed by atoms with Gasteiger partial charge in [0.05, 0.1) is 11.3 Å². The number of nitrogens with zero attached hydrogens (tertiary/aromatic N) is 2. The predicted molar refractivity (Wildman–Crippen MR) is 77.7 cm³/mol. The molecule has 1 aromatic carbocycles. The maximum Gasteiger partial charge on any atom is 0.259 e. The SMILES string of the molecule is O=C(c1cccnc1)N1CCCSc2ccccc21. The van der Waals surface area contributed by atoms with Crippen molar-refractivity contribution in [3.05, 3.63) is 54.4 Å². The van der Waals surface area contributed by atoms with E-state index in [9.17, 15) is 4.79 Å². The van der Waals surface area contributed by atoms with Crippen LogP contribution >= 0.6 is 11.8 Å². The van der Waals surface area contributed by atoms with Crippen LogP contribution in [0.1, 0.15) is 16.8 Å². The van der Waals surface area contributed by atoms with Crippen LogP contribution in [-0.2, 0) is 0 Å². The van der Waals surface area contributed by atoms with Gasteiger partial charge in [-0.15, -0.1) is 11.8 Å². The van der Waals surface area contributed by atoms with Crippen molar-refractivity contribution in [1.82, 2.24) is 4.98 Å². The van der Waals surface area contributed by atoms with Gasteiger partial charge >= 0.3 is 0 Å². The first kappa shape index (κ1) is 12.2. The Morgan fingerprint density at radius 1 is 1.21 bits per heavy atom. The molecule has 0 radical (unpaired) electrons. The summed E-state index contributed by atoms with van der Waals surface area (Å²) in [6.07, 6.45) is 4.32. The largest absolute Gasteiger partial charge is 0.307 e. The van der Waals surface area contributed by atoms with Crippen molar-refractivity contribution in [2.45, 2.75) is 11.3 Å². The van der Waals surface area contributed by atoms with Crippen molar-refractivity contribution < 1.29 is 4.79 Å². The molecule has 0 bridgehead atoms. The second-order valence-electron chi connectivity index (χ2n) is 4.37. The smallest absolute Gasteiger partial charge is 0.259 e. The molecule has 19 heavy (non-hydrogen) atoms. The Morgan fingerprint density at radius 3 is 2.95 bits per heavy atom. The molecule has 3 rings (SSSR count). The first-order valence-electron chi connectivity index (χ1n) is 6.30. The van der Waals surface area contributed by atoms with E-state index < -0.39 is 0 Å². The van der Waals surface area contributed by atoms with Crippen molar-refractivity contribution in [3.8, 4) is 0 Å². The summed E-state index contributed by atoms with van der Waals surface area (Å²) < 4.78 is 0. The van der Waals surface area contributed by atoms with Gasteiger partial charge in [0.25, 0.3) is 5.91 Å². The summed E-state index contributed by atoms with van der Waals surface area (Å²) in [4.78, 5) is 19.7. The van der Waals surface area contributed by atoms with Gasteiger partial charge in [-0.3, -0.25) is 9.78 Å². The molecule has 0 saturated heterocycles. The third-order valence-electron chi connectivity index (χ3n) is 3.09. The number of aromatic nitrogens is 1. The normalized spacial score (nSPS) is 14.6. The molecule has 1 aliphatic rings. The van der Waals surface area contributed by atoms with Gasteiger partial charge < -0.3 is 4.90 Å². The fourth-order valence-corrected chi connectivity index (χ4v) is 3.18. The Kier molecular flexibility index (Phi) is 3.51. The molecule has 2 heterocycles. The van der Waals surface area contributed by atoms with Crippen LogP contribution in [0.3, 0.4) is 0 Å². The lowest BCUT2D eigenvalue weighted by Crippen LogP contribution is -2.31. The number of para-hydroxylation sites is 1. The van der Waals surface area contributed by atoms with Crippen LogP contribution in [0.15, 0.2) is 53.7 Å². The number of hydrogen-bond donors (Lipinski definition) is 0. The second kappa shape index (κ2) is 5.45. The number of rotatable bonds is 1. The van der Waals surface area contributed by atoms with E-state index in [1.807, 2.05) is 40.9 Å². The molecule has 0 saturated carbocycles. The van der Waals surface area contributed by atoms with Crippen LogP contribution in [0.4, 0.5) is 5.69 Å². The van der Waals surface area contributed by atoms with E-state index in [1.165, 1.54) is 4.90 Å². The van der Waals surface area contributed by atoms with Gasteiger partial charge in [-0.1, -0.05) is 12.1 Å². The number of benzene rings is 1. The summed E-state index contributed by atoms with van der Waals surface area (Å²) in [7, 11) is 0. The van der Waals surface area contributed by atoms with Gasteiger partial charge in [-0.05, 0) is 36.4 Å². The molecule has 1 aromatic heterocycles. The Balaban J connectivity index is 1.99. The van der Waals surface area contributed by atoms with Gasteiger partial charge in [-0.2, -0.15) is 0 Å². The zero-order valence-electron chi connectivity index (χ0n) is 10.5. The fourth-order valence-electron chi connectivity index (χ4n) is 2.18. The Bertz CT molecular complexity index is 586. The molecule has 3 nitrogen and oxygen atoms in total. The first-order chi connectivity index (χ1) is 9.36. The molecule has 0 fully saturated rings. The third-order valence-corrected chi connectivity index (χ3v) is 4.24. The molecule has 96 valence electrons. The number of thioether (sulfide) groups is 1. The van der Waals surface area contributed by atoms with E-state index in [4.69, 9.17) is 0 Å². The molecule has 2 aromatic rings. The molecule has 0 atom stereocenters. The lowest BCUT2D eigenvalue weighted by atomic mass is 10.2. The molecule has 0 aliphatic carbocycles. The number of carbonyl (C=O) groups excluding carboxylic acids is 1. The average Bonchev–Trinajstić information content (AvgIpc) is 2.70. The number of carbonyl (C=O) groups is 1. The minimum Gasteiger partial charge on any atom is -0.307 e. The van der Waals surface area contributed by atoms with Crippen molar-refractivity contribution in [2.75, 3.05) is 17.2 Å². The summed E-state index contributed by atoms with van der Waals surface area (Å²) >= 11 is 1.82. The quantitative estimate of drug-likeness (QED) is 0.797. The highest BCUT2D eigenvalue weighted by atomic mass is 32.2. The Morgan fingerprint density at radius 2 is 2.11 bits per heavy atom. The van der Waals surface area contributed by atoms with Crippen molar-refractivity contribution >= 4 is 23.4 Å². The van der Waals surface area contributed by atoms with Gasteiger partial charge in [0.15, 0.2) is 0 Å². The summed E-state index contributed by atoms with van der Waals surface area (Å²) in [5.41, 5.74) is 1.66. The Hall–Kier alpha value is -1.81. The van der Waals surface area contributed by atoms with Crippen LogP contribution in [0.25, 0.3) is 0 Å². The zero-order valence-corrected chi connectivity index (χ0v) is 11.3. The first-order valence-corrected chi connectivity index (χ1v) is 7.28. The average molecular weight is 270 g/mol. The van der Waals surface area contributed by atoms with Crippen molar-refractivity contribution in [3.63, 3.8) is 0 Å². The van der Waals surface area contributed by atoms with Crippen LogP contribution < -0.4 is 4.90 Å². The molecule has 0 spiro atoms. The summed E-state index contributed by atoms with van der Waals surface area (Å²) in [5.74, 6) is 1.08. The Labute approximate surface area is 116 Å². The summed E-state index contributed by atoms with van der Waals surface area (Å²) in [5, 5.41) is 0. The fraction of sp³-hybridized carbons (Fsp3) is 0.200. The highest BCUT2D eigenvalue weighted by Crippen LogP contribution is 2.34. The van der Waals surface area contributed by atoms with Gasteiger partial charge in [0.1, 0.15) is 0 Å². The molecule has 0 N–H and O–H groups in total. The standard InChI is InChI=1S/C15H14N2OS/c18-15(12-5-3-8-16-11-12)17-9-4-10-19-14-7-2-1-6-13(14)17/h1-3,5-8,11H,4,9-10H2. The highest BCUT2D eigenvalue weighted by molar-refractivity contribution is 7.99. The van der Waals surface area contributed by atoms with Gasteiger partial charge in [0.2, 0.25) is 0 Å². The monoisotopic (exact) mass is 270 g/mol. The minimum atomic E-state index is 0.0306. The van der Waals surface area contributed by atoms with Gasteiger partial charge in [0, 0.05) is 23.8 Å². The molecule has 0 unspecified atom stereocenters. The van der Waals surface area contributed by atoms with E-state index in [-0.39, 0.29) is 5.91 Å². The number of anilines is 1. The maximum absolute atomic E-state index is 12.6. The second-order valence-corrected chi connectivity index (χ2v) is 5.50. The molecule has 4 heteroatoms. The van der Waals surface area contributed by atoms with E-state index in [0.29, 0.717) is 5.56 Å². The molecular formula is C15H14N2OS. The lowest BCUT2D eigenvalue weighted by molar-refractivity contribution is 0.0986. The van der Waals surface area contributed by atoms with Gasteiger partial charge in [-0.25, -0.2) is 0 Å². The maximum atomic E-state index is 12.6. The summed E-state index contributed by atoms with van der Waals surface area (Å²) in [6, 6.07) is 11.7. The van der Waals surface area contributed by atoms with Crippen molar-refractivity contribution in [2.24, 2.45) is 0 Å². The number of fused-ring (bicyclic) bond motifs is 1. The van der Waals surface area contributed by atoms with Crippen LogP contribution in [0.5, 0.6) is 0 Å². The van der Waals surface area contributed by atoms with E-state index in [1.54, 1.807) is 18.5 Å². The highest BCUT2D eigenvalue weighted by Gasteiger charge is 2.22. The topological polar surface area (TPSA) is 33.2 Å². The molecule has 1 aliphatic heterocycles. The lowest BCUT2D eigenvalue weighted by Gasteiger charge is -2.22. The minimum absolute atomic E-state index is 0.0306. The van der Waals surface area contributed by atoms with E-state index in [0.717, 1.165) is 24.4 Å². The predicted octanol–water partition coefficient (Wildman–Crippen LogP) is 3.22. The van der Waals surface area contributed by atoms with Crippen LogP contribution in [0.2, 0.25) is 0 Å². The number of amides is 1.